The van der Waals surface area contributed by atoms with Crippen LogP contribution >= 0.6 is 0 Å². The lowest BCUT2D eigenvalue weighted by atomic mass is 9.99. The van der Waals surface area contributed by atoms with Crippen LogP contribution < -0.4 is 19.6 Å². The predicted molar refractivity (Wildman–Crippen MR) is 288 cm³/mol. The highest BCUT2D eigenvalue weighted by Gasteiger charge is 2.36. The average molecular weight is 900 g/mol. The van der Waals surface area contributed by atoms with Crippen molar-refractivity contribution in [2.45, 2.75) is 0 Å². The molecule has 0 fully saturated rings. The molecule has 0 amide bonds. The van der Waals surface area contributed by atoms with Crippen molar-refractivity contribution >= 4 is 68.2 Å². The summed E-state index contributed by atoms with van der Waals surface area (Å²) >= 11 is 0. The van der Waals surface area contributed by atoms with Gasteiger partial charge in [0.15, 0.2) is 17.5 Å². The molecule has 0 N–H and O–H groups in total. The van der Waals surface area contributed by atoms with E-state index in [2.05, 4.69) is 256 Å². The fraction of sp³-hybridized carbons (Fsp3) is 0. The minimum absolute atomic E-state index is 0.540. The lowest BCUT2D eigenvalue weighted by molar-refractivity contribution is 1.07. The maximum absolute atomic E-state index is 5.37. The van der Waals surface area contributed by atoms with Gasteiger partial charge >= 0.3 is 0 Å². The molecule has 70 heavy (non-hydrogen) atoms. The molecule has 0 saturated heterocycles. The maximum atomic E-state index is 5.37. The SMILES string of the molecule is c1ccc(-c2nc(-c3ccccc3)nc(-c3cc(N(c4ccccc4)c4ccccc4)c(N4c5ccccc5N(c5ccccc5)c5ccccc54)c(N(c4ccccc4)c4ccccc4)c3)n2)cc1. The Morgan fingerprint density at radius 2 is 0.529 bits per heavy atom. The molecule has 0 saturated carbocycles. The third-order valence-corrected chi connectivity index (χ3v) is 12.5. The number of aromatic nitrogens is 3. The summed E-state index contributed by atoms with van der Waals surface area (Å²) in [5.41, 5.74) is 14.5. The Hall–Kier alpha value is -9.59. The van der Waals surface area contributed by atoms with Crippen LogP contribution in [-0.2, 0) is 0 Å². The van der Waals surface area contributed by atoms with Crippen molar-refractivity contribution in [1.29, 1.82) is 0 Å². The summed E-state index contributed by atoms with van der Waals surface area (Å²) in [6.07, 6.45) is 0. The van der Waals surface area contributed by atoms with Crippen molar-refractivity contribution in [3.8, 4) is 34.2 Å². The van der Waals surface area contributed by atoms with Crippen LogP contribution in [0.3, 0.4) is 0 Å². The van der Waals surface area contributed by atoms with Gasteiger partial charge in [0, 0.05) is 45.1 Å². The first-order chi connectivity index (χ1) is 34.8. The Bertz CT molecular complexity index is 3260. The van der Waals surface area contributed by atoms with E-state index in [0.717, 1.165) is 84.9 Å². The Kier molecular flexibility index (Phi) is 11.1. The largest absolute Gasteiger partial charge is 0.308 e. The predicted octanol–water partition coefficient (Wildman–Crippen LogP) is 17.1. The molecular weight excluding hydrogens is 855 g/mol. The molecule has 7 nitrogen and oxygen atoms in total. The quantitative estimate of drug-likeness (QED) is 0.128. The number of anilines is 12. The third-order valence-electron chi connectivity index (χ3n) is 12.5. The van der Waals surface area contributed by atoms with Gasteiger partial charge in [0.1, 0.15) is 0 Å². The lowest BCUT2D eigenvalue weighted by Gasteiger charge is -2.43. The van der Waals surface area contributed by atoms with Gasteiger partial charge in [0.2, 0.25) is 0 Å². The zero-order valence-electron chi connectivity index (χ0n) is 38.1. The number of hydrogen-bond donors (Lipinski definition) is 0. The smallest absolute Gasteiger partial charge is 0.164 e. The van der Waals surface area contributed by atoms with E-state index in [-0.39, 0.29) is 0 Å². The van der Waals surface area contributed by atoms with Gasteiger partial charge in [0.25, 0.3) is 0 Å². The maximum Gasteiger partial charge on any atom is 0.164 e. The molecule has 0 spiro atoms. The lowest BCUT2D eigenvalue weighted by Crippen LogP contribution is -2.27. The van der Waals surface area contributed by atoms with Crippen LogP contribution in [0.15, 0.2) is 273 Å². The fourth-order valence-electron chi connectivity index (χ4n) is 9.44. The first kappa shape index (κ1) is 41.8. The molecule has 0 bridgehead atoms. The second kappa shape index (κ2) is 18.6. The molecular formula is C63H45N7. The van der Waals surface area contributed by atoms with Crippen molar-refractivity contribution in [1.82, 2.24) is 15.0 Å². The van der Waals surface area contributed by atoms with Crippen LogP contribution in [0.5, 0.6) is 0 Å². The van der Waals surface area contributed by atoms with Crippen LogP contribution in [-0.4, -0.2) is 15.0 Å². The van der Waals surface area contributed by atoms with Gasteiger partial charge in [-0.3, -0.25) is 0 Å². The number of nitrogens with zero attached hydrogens (tertiary/aromatic N) is 7. The Morgan fingerprint density at radius 1 is 0.257 bits per heavy atom. The highest BCUT2D eigenvalue weighted by atomic mass is 15.3. The molecule has 1 aliphatic rings. The van der Waals surface area contributed by atoms with Crippen molar-refractivity contribution in [3.05, 3.63) is 273 Å². The van der Waals surface area contributed by atoms with Crippen LogP contribution in [0.2, 0.25) is 0 Å². The van der Waals surface area contributed by atoms with Gasteiger partial charge in [-0.15, -0.1) is 0 Å². The summed E-state index contributed by atoms with van der Waals surface area (Å²) in [6, 6.07) is 95.4. The molecule has 10 aromatic carbocycles. The first-order valence-corrected chi connectivity index (χ1v) is 23.5. The number of fused-ring (bicyclic) bond motifs is 2. The second-order valence-corrected chi connectivity index (χ2v) is 16.9. The normalized spacial score (nSPS) is 11.7. The Morgan fingerprint density at radius 3 is 0.871 bits per heavy atom. The molecule has 332 valence electrons. The summed E-state index contributed by atoms with van der Waals surface area (Å²) < 4.78 is 0. The average Bonchev–Trinajstić information content (AvgIpc) is 3.44. The highest BCUT2D eigenvalue weighted by molar-refractivity contribution is 6.09. The van der Waals surface area contributed by atoms with Gasteiger partial charge in [-0.05, 0) is 97.1 Å². The van der Waals surface area contributed by atoms with Crippen molar-refractivity contribution < 1.29 is 0 Å². The van der Waals surface area contributed by atoms with Crippen molar-refractivity contribution in [2.75, 3.05) is 19.6 Å². The summed E-state index contributed by atoms with van der Waals surface area (Å²) in [4.78, 5) is 25.4. The van der Waals surface area contributed by atoms with Crippen LogP contribution in [0.25, 0.3) is 34.2 Å². The molecule has 0 radical (unpaired) electrons. The van der Waals surface area contributed by atoms with Crippen LogP contribution in [0, 0.1) is 0 Å². The fourth-order valence-corrected chi connectivity index (χ4v) is 9.44. The summed E-state index contributed by atoms with van der Waals surface area (Å²) in [5.74, 6) is 1.71. The van der Waals surface area contributed by atoms with Crippen molar-refractivity contribution in [2.24, 2.45) is 0 Å². The minimum atomic E-state index is 0.540. The van der Waals surface area contributed by atoms with E-state index in [4.69, 9.17) is 15.0 Å². The summed E-state index contributed by atoms with van der Waals surface area (Å²) in [6.45, 7) is 0. The molecule has 1 aromatic heterocycles. The topological polar surface area (TPSA) is 51.6 Å². The highest BCUT2D eigenvalue weighted by Crippen LogP contribution is 2.60. The zero-order valence-corrected chi connectivity index (χ0v) is 38.1. The molecule has 12 rings (SSSR count). The van der Waals surface area contributed by atoms with Gasteiger partial charge < -0.3 is 19.6 Å². The number of hydrogen-bond acceptors (Lipinski definition) is 7. The monoisotopic (exact) mass is 899 g/mol. The van der Waals surface area contributed by atoms with E-state index in [1.165, 1.54) is 0 Å². The van der Waals surface area contributed by atoms with Crippen LogP contribution in [0.1, 0.15) is 0 Å². The number of rotatable bonds is 11. The molecule has 0 atom stereocenters. The Balaban J connectivity index is 1.25. The Labute approximate surface area is 408 Å². The first-order valence-electron chi connectivity index (χ1n) is 23.5. The van der Waals surface area contributed by atoms with Gasteiger partial charge in [-0.1, -0.05) is 176 Å². The summed E-state index contributed by atoms with van der Waals surface area (Å²) in [7, 11) is 0. The van der Waals surface area contributed by atoms with Crippen LogP contribution in [0.4, 0.5) is 68.2 Å². The molecule has 0 unspecified atom stereocenters. The zero-order chi connectivity index (χ0) is 46.6. The molecule has 2 heterocycles. The molecule has 7 heteroatoms. The minimum Gasteiger partial charge on any atom is -0.308 e. The standard InChI is InChI=1S/C63H45N7/c1-8-26-46(27-9-1)61-64-62(47-28-10-2-11-29-47)66-63(65-61)48-44-58(67(49-30-12-3-13-31-49)50-32-14-4-15-33-50)60(59(45-48)68(51-34-16-5-17-35-51)52-36-18-6-19-37-52)70-56-42-24-22-40-54(56)69(53-38-20-7-21-39-53)55-41-23-25-43-57(55)70/h1-45H. The number of benzene rings is 10. The molecule has 0 aliphatic carbocycles. The molecule has 1 aliphatic heterocycles. The van der Waals surface area contributed by atoms with E-state index >= 15 is 0 Å². The van der Waals surface area contributed by atoms with E-state index in [1.54, 1.807) is 0 Å². The van der Waals surface area contributed by atoms with Gasteiger partial charge in [-0.2, -0.15) is 0 Å². The molecule has 11 aromatic rings. The van der Waals surface area contributed by atoms with Gasteiger partial charge in [0.05, 0.1) is 39.8 Å². The third kappa shape index (κ3) is 7.87. The van der Waals surface area contributed by atoms with Gasteiger partial charge in [-0.25, -0.2) is 15.0 Å². The number of para-hydroxylation sites is 9. The summed E-state index contributed by atoms with van der Waals surface area (Å²) in [5, 5.41) is 0. The van der Waals surface area contributed by atoms with Crippen molar-refractivity contribution in [3.63, 3.8) is 0 Å². The van der Waals surface area contributed by atoms with E-state index in [1.807, 2.05) is 36.4 Å². The van der Waals surface area contributed by atoms with E-state index in [9.17, 15) is 0 Å². The van der Waals surface area contributed by atoms with E-state index < -0.39 is 0 Å². The van der Waals surface area contributed by atoms with E-state index in [0.29, 0.717) is 17.5 Å². The second-order valence-electron chi connectivity index (χ2n) is 16.9.